The Balaban J connectivity index is 1.54. The summed E-state index contributed by atoms with van der Waals surface area (Å²) in [6, 6.07) is 18.1. The summed E-state index contributed by atoms with van der Waals surface area (Å²) < 4.78 is 0. The van der Waals surface area contributed by atoms with Crippen LogP contribution in [0.1, 0.15) is 66.2 Å². The van der Waals surface area contributed by atoms with Crippen LogP contribution in [0.25, 0.3) is 0 Å². The number of anilines is 2. The van der Waals surface area contributed by atoms with Crippen LogP contribution < -0.4 is 15.5 Å². The quantitative estimate of drug-likeness (QED) is 0.407. The molecule has 2 aromatic carbocycles. The van der Waals surface area contributed by atoms with Gasteiger partial charge in [-0.05, 0) is 62.6 Å². The van der Waals surface area contributed by atoms with Gasteiger partial charge < -0.3 is 15.5 Å². The third-order valence-corrected chi connectivity index (χ3v) is 7.35. The zero-order valence-electron chi connectivity index (χ0n) is 22.3. The third kappa shape index (κ3) is 5.90. The zero-order valence-corrected chi connectivity index (χ0v) is 22.3. The predicted octanol–water partition coefficient (Wildman–Crippen LogP) is 5.66. The molecule has 0 bridgehead atoms. The number of urea groups is 1. The number of ketones is 1. The number of para-hydroxylation sites is 1. The molecule has 0 radical (unpaired) electrons. The van der Waals surface area contributed by atoms with Crippen molar-refractivity contribution in [2.45, 2.75) is 58.7 Å². The molecular weight excluding hydrogens is 490 g/mol. The van der Waals surface area contributed by atoms with Crippen molar-refractivity contribution in [2.75, 3.05) is 10.2 Å². The van der Waals surface area contributed by atoms with E-state index in [1.165, 1.54) is 13.3 Å². The number of hydrogen-bond donors (Lipinski definition) is 2. The van der Waals surface area contributed by atoms with E-state index in [-0.39, 0.29) is 24.2 Å². The van der Waals surface area contributed by atoms with Gasteiger partial charge in [-0.1, -0.05) is 49.6 Å². The number of nitrogens with zero attached hydrogens (tertiary/aromatic N) is 3. The fraction of sp³-hybridized carbons (Fsp3) is 0.323. The molecule has 200 valence electrons. The Labute approximate surface area is 228 Å². The van der Waals surface area contributed by atoms with Crippen LogP contribution in [-0.2, 0) is 11.3 Å². The van der Waals surface area contributed by atoms with Gasteiger partial charge in [0.1, 0.15) is 0 Å². The SMILES string of the molecule is CC(=O)c1cccnc1CN1C(=O)[C@H](NC(=O)Nc2cccc(C)c2)N=C(C2CCCCC2)c2ccccc21. The highest BCUT2D eigenvalue weighted by molar-refractivity contribution is 6.14. The summed E-state index contributed by atoms with van der Waals surface area (Å²) in [5.74, 6) is -0.313. The summed E-state index contributed by atoms with van der Waals surface area (Å²) in [4.78, 5) is 50.5. The molecule has 1 aromatic heterocycles. The molecule has 3 aromatic rings. The molecule has 2 aliphatic rings. The van der Waals surface area contributed by atoms with E-state index >= 15 is 0 Å². The molecule has 5 rings (SSSR count). The molecule has 8 heteroatoms. The first-order valence-electron chi connectivity index (χ1n) is 13.5. The van der Waals surface area contributed by atoms with Gasteiger partial charge in [0.2, 0.25) is 6.17 Å². The molecular formula is C31H33N5O3. The van der Waals surface area contributed by atoms with Crippen molar-refractivity contribution < 1.29 is 14.4 Å². The predicted molar refractivity (Wildman–Crippen MR) is 152 cm³/mol. The van der Waals surface area contributed by atoms with Gasteiger partial charge >= 0.3 is 6.03 Å². The summed E-state index contributed by atoms with van der Waals surface area (Å²) in [5, 5.41) is 5.65. The Morgan fingerprint density at radius 3 is 2.56 bits per heavy atom. The van der Waals surface area contributed by atoms with E-state index in [1.54, 1.807) is 29.3 Å². The normalized spacial score (nSPS) is 17.6. The lowest BCUT2D eigenvalue weighted by molar-refractivity contribution is -0.120. The lowest BCUT2D eigenvalue weighted by Gasteiger charge is -2.26. The number of rotatable bonds is 6. The number of amides is 3. The number of benzodiazepines with no additional fused rings is 1. The second kappa shape index (κ2) is 11.6. The number of benzene rings is 2. The van der Waals surface area contributed by atoms with E-state index in [1.807, 2.05) is 49.4 Å². The van der Waals surface area contributed by atoms with E-state index in [0.717, 1.165) is 42.5 Å². The summed E-state index contributed by atoms with van der Waals surface area (Å²) in [6.07, 6.45) is 5.84. The van der Waals surface area contributed by atoms with E-state index in [2.05, 4.69) is 15.6 Å². The minimum absolute atomic E-state index is 0.0801. The Kier molecular flexibility index (Phi) is 7.81. The van der Waals surface area contributed by atoms with Crippen LogP contribution in [0.15, 0.2) is 71.9 Å². The molecule has 0 unspecified atom stereocenters. The highest BCUT2D eigenvalue weighted by Gasteiger charge is 2.35. The van der Waals surface area contributed by atoms with Crippen molar-refractivity contribution in [1.82, 2.24) is 10.3 Å². The Hall–Kier alpha value is -4.33. The van der Waals surface area contributed by atoms with Crippen molar-refractivity contribution in [3.63, 3.8) is 0 Å². The molecule has 0 saturated heterocycles. The van der Waals surface area contributed by atoms with Crippen LogP contribution in [-0.4, -0.2) is 34.6 Å². The number of nitrogens with one attached hydrogen (secondary N) is 2. The number of aliphatic imine (C=N–C) groups is 1. The highest BCUT2D eigenvalue weighted by atomic mass is 16.2. The maximum absolute atomic E-state index is 14.1. The van der Waals surface area contributed by atoms with Gasteiger partial charge in [0.05, 0.1) is 23.6 Å². The van der Waals surface area contributed by atoms with E-state index in [0.29, 0.717) is 22.6 Å². The van der Waals surface area contributed by atoms with Gasteiger partial charge in [-0.15, -0.1) is 0 Å². The average molecular weight is 524 g/mol. The summed E-state index contributed by atoms with van der Waals surface area (Å²) in [5.41, 5.74) is 5.02. The molecule has 3 amide bonds. The fourth-order valence-corrected chi connectivity index (χ4v) is 5.46. The maximum atomic E-state index is 14.1. The Bertz CT molecular complexity index is 1430. The molecule has 8 nitrogen and oxygen atoms in total. The van der Waals surface area contributed by atoms with Crippen molar-refractivity contribution in [3.8, 4) is 0 Å². The first-order valence-corrected chi connectivity index (χ1v) is 13.5. The number of carbonyl (C=O) groups excluding carboxylic acids is 3. The Morgan fingerprint density at radius 1 is 1.00 bits per heavy atom. The molecule has 1 fully saturated rings. The number of aromatic nitrogens is 1. The van der Waals surface area contributed by atoms with Crippen LogP contribution in [0, 0.1) is 12.8 Å². The third-order valence-electron chi connectivity index (χ3n) is 7.35. The number of pyridine rings is 1. The van der Waals surface area contributed by atoms with E-state index in [9.17, 15) is 14.4 Å². The summed E-state index contributed by atoms with van der Waals surface area (Å²) in [7, 11) is 0. The Morgan fingerprint density at radius 2 is 1.79 bits per heavy atom. The van der Waals surface area contributed by atoms with E-state index in [4.69, 9.17) is 4.99 Å². The van der Waals surface area contributed by atoms with Crippen LogP contribution >= 0.6 is 0 Å². The highest BCUT2D eigenvalue weighted by Crippen LogP contribution is 2.34. The van der Waals surface area contributed by atoms with Gasteiger partial charge in [-0.25, -0.2) is 4.79 Å². The zero-order chi connectivity index (χ0) is 27.4. The summed E-state index contributed by atoms with van der Waals surface area (Å²) in [6.45, 7) is 3.51. The average Bonchev–Trinajstić information content (AvgIpc) is 3.04. The molecule has 2 heterocycles. The smallest absolute Gasteiger partial charge is 0.308 e. The van der Waals surface area contributed by atoms with Gasteiger partial charge in [-0.2, -0.15) is 0 Å². The van der Waals surface area contributed by atoms with Crippen molar-refractivity contribution >= 4 is 34.8 Å². The van der Waals surface area contributed by atoms with Gasteiger partial charge in [0.25, 0.3) is 5.91 Å². The standard InChI is InChI=1S/C31H33N5O3/c1-20-10-8-13-23(18-20)33-31(39)35-29-30(38)36(19-26-24(21(2)37)15-9-17-32-26)27-16-7-6-14-25(27)28(34-29)22-11-4-3-5-12-22/h6-10,13-18,22,29H,3-5,11-12,19H2,1-2H3,(H2,33,35,39)/t29-/m0/s1. The number of hydrogen-bond acceptors (Lipinski definition) is 5. The lowest BCUT2D eigenvalue weighted by Crippen LogP contribution is -2.48. The van der Waals surface area contributed by atoms with Crippen molar-refractivity contribution in [2.24, 2.45) is 10.9 Å². The molecule has 1 aliphatic heterocycles. The van der Waals surface area contributed by atoms with Crippen LogP contribution in [0.2, 0.25) is 0 Å². The minimum atomic E-state index is -1.14. The van der Waals surface area contributed by atoms with Crippen molar-refractivity contribution in [1.29, 1.82) is 0 Å². The first kappa shape index (κ1) is 26.3. The monoisotopic (exact) mass is 523 g/mol. The van der Waals surface area contributed by atoms with Crippen LogP contribution in [0.3, 0.4) is 0 Å². The molecule has 1 aliphatic carbocycles. The second-order valence-corrected chi connectivity index (χ2v) is 10.2. The van der Waals surface area contributed by atoms with Crippen molar-refractivity contribution in [3.05, 3.63) is 89.2 Å². The number of aryl methyl sites for hydroxylation is 1. The van der Waals surface area contributed by atoms with Gasteiger partial charge in [0.15, 0.2) is 5.78 Å². The molecule has 39 heavy (non-hydrogen) atoms. The maximum Gasteiger partial charge on any atom is 0.321 e. The topological polar surface area (TPSA) is 104 Å². The van der Waals surface area contributed by atoms with E-state index < -0.39 is 12.2 Å². The summed E-state index contributed by atoms with van der Waals surface area (Å²) >= 11 is 0. The molecule has 0 spiro atoms. The van der Waals surface area contributed by atoms with Gasteiger partial charge in [-0.3, -0.25) is 19.6 Å². The first-order chi connectivity index (χ1) is 18.9. The molecule has 1 atom stereocenters. The van der Waals surface area contributed by atoms with Gasteiger partial charge in [0, 0.05) is 28.9 Å². The second-order valence-electron chi connectivity index (χ2n) is 10.2. The largest absolute Gasteiger partial charge is 0.321 e. The number of carbonyl (C=O) groups is 3. The minimum Gasteiger partial charge on any atom is -0.308 e. The molecule has 2 N–H and O–H groups in total. The number of fused-ring (bicyclic) bond motifs is 1. The number of Topliss-reactive ketones (excluding diaryl/α,β-unsaturated/α-hetero) is 1. The lowest BCUT2D eigenvalue weighted by atomic mass is 9.82. The van der Waals surface area contributed by atoms with Crippen LogP contribution in [0.5, 0.6) is 0 Å². The molecule has 1 saturated carbocycles. The van der Waals surface area contributed by atoms with Crippen LogP contribution in [0.4, 0.5) is 16.2 Å². The fourth-order valence-electron chi connectivity index (χ4n) is 5.46.